The lowest BCUT2D eigenvalue weighted by molar-refractivity contribution is 0.520. The smallest absolute Gasteiger partial charge is 0.243 e. The summed E-state index contributed by atoms with van der Waals surface area (Å²) in [7, 11) is 0. The third-order valence-electron chi connectivity index (χ3n) is 2.61. The van der Waals surface area contributed by atoms with Crippen molar-refractivity contribution in [3.63, 3.8) is 0 Å². The van der Waals surface area contributed by atoms with E-state index in [-0.39, 0.29) is 6.04 Å². The number of nitrogens with one attached hydrogen (secondary N) is 1. The number of rotatable bonds is 5. The largest absolute Gasteiger partial charge is 0.349 e. The highest BCUT2D eigenvalue weighted by atomic mass is 15.3. The summed E-state index contributed by atoms with van der Waals surface area (Å²) in [6, 6.07) is 6.04. The molecule has 2 rings (SSSR count). The molecular weight excluding hydrogens is 214 g/mol. The van der Waals surface area contributed by atoms with Crippen molar-refractivity contribution in [3.05, 3.63) is 24.4 Å². The van der Waals surface area contributed by atoms with Crippen LogP contribution in [0.1, 0.15) is 20.3 Å². The van der Waals surface area contributed by atoms with Crippen molar-refractivity contribution < 1.29 is 0 Å². The molecule has 1 unspecified atom stereocenters. The normalized spacial score (nSPS) is 13.2. The molecule has 0 saturated heterocycles. The van der Waals surface area contributed by atoms with Crippen LogP contribution >= 0.6 is 0 Å². The molecule has 92 valence electrons. The highest BCUT2D eigenvalue weighted by molar-refractivity contribution is 5.43. The van der Waals surface area contributed by atoms with Crippen LogP contribution in [0.2, 0.25) is 0 Å². The van der Waals surface area contributed by atoms with Crippen LogP contribution in [0.15, 0.2) is 24.4 Å². The van der Waals surface area contributed by atoms with Crippen molar-refractivity contribution in [2.45, 2.75) is 26.3 Å². The fraction of sp³-hybridized carbons (Fsp3) is 0.500. The number of fused-ring (bicyclic) bond motifs is 1. The van der Waals surface area contributed by atoms with Gasteiger partial charge in [-0.3, -0.25) is 0 Å². The summed E-state index contributed by atoms with van der Waals surface area (Å²) >= 11 is 0. The summed E-state index contributed by atoms with van der Waals surface area (Å²) in [5.74, 6) is 1.25. The Labute approximate surface area is 101 Å². The number of nitrogens with two attached hydrogens (primary N) is 1. The minimum absolute atomic E-state index is 0.229. The highest BCUT2D eigenvalue weighted by Crippen LogP contribution is 2.10. The van der Waals surface area contributed by atoms with Gasteiger partial charge in [0, 0.05) is 18.8 Å². The molecular formula is C12H19N5. The fourth-order valence-corrected chi connectivity index (χ4v) is 1.86. The Morgan fingerprint density at radius 1 is 1.41 bits per heavy atom. The van der Waals surface area contributed by atoms with E-state index < -0.39 is 0 Å². The minimum atomic E-state index is 0.229. The predicted molar refractivity (Wildman–Crippen MR) is 68.9 cm³/mol. The Balaban J connectivity index is 2.11. The first-order valence-electron chi connectivity index (χ1n) is 5.97. The SMILES string of the molecule is CC(C)CC(CN)Nc1nc2ccccn2n1. The Bertz CT molecular complexity index is 443. The summed E-state index contributed by atoms with van der Waals surface area (Å²) in [6.07, 6.45) is 2.90. The maximum Gasteiger partial charge on any atom is 0.243 e. The Hall–Kier alpha value is -1.62. The van der Waals surface area contributed by atoms with Gasteiger partial charge in [-0.15, -0.1) is 5.10 Å². The molecule has 17 heavy (non-hydrogen) atoms. The van der Waals surface area contributed by atoms with Crippen LogP contribution in [0.4, 0.5) is 5.95 Å². The molecule has 0 aliphatic carbocycles. The average Bonchev–Trinajstić information content (AvgIpc) is 2.69. The second-order valence-electron chi connectivity index (χ2n) is 4.65. The van der Waals surface area contributed by atoms with E-state index in [1.165, 1.54) is 0 Å². The molecule has 2 heterocycles. The lowest BCUT2D eigenvalue weighted by atomic mass is 10.0. The second-order valence-corrected chi connectivity index (χ2v) is 4.65. The van der Waals surface area contributed by atoms with E-state index in [9.17, 15) is 0 Å². The Kier molecular flexibility index (Phi) is 3.58. The first kappa shape index (κ1) is 11.9. The fourth-order valence-electron chi connectivity index (χ4n) is 1.86. The summed E-state index contributed by atoms with van der Waals surface area (Å²) in [4.78, 5) is 4.39. The number of aromatic nitrogens is 3. The molecule has 0 aromatic carbocycles. The number of hydrogen-bond donors (Lipinski definition) is 2. The van der Waals surface area contributed by atoms with Gasteiger partial charge in [0.25, 0.3) is 0 Å². The van der Waals surface area contributed by atoms with Crippen LogP contribution in [0.5, 0.6) is 0 Å². The van der Waals surface area contributed by atoms with Gasteiger partial charge in [-0.05, 0) is 24.5 Å². The van der Waals surface area contributed by atoms with Crippen molar-refractivity contribution >= 4 is 11.6 Å². The zero-order valence-corrected chi connectivity index (χ0v) is 10.3. The zero-order chi connectivity index (χ0) is 12.3. The molecule has 2 aromatic rings. The van der Waals surface area contributed by atoms with Gasteiger partial charge in [0.1, 0.15) is 0 Å². The molecule has 3 N–H and O–H groups in total. The predicted octanol–water partition coefficient (Wildman–Crippen LogP) is 1.51. The van der Waals surface area contributed by atoms with Crippen LogP contribution in [-0.2, 0) is 0 Å². The van der Waals surface area contributed by atoms with E-state index in [0.717, 1.165) is 12.1 Å². The van der Waals surface area contributed by atoms with E-state index >= 15 is 0 Å². The molecule has 5 heteroatoms. The molecule has 2 aromatic heterocycles. The van der Waals surface area contributed by atoms with E-state index in [1.54, 1.807) is 4.52 Å². The molecule has 5 nitrogen and oxygen atoms in total. The molecule has 0 spiro atoms. The molecule has 0 aliphatic rings. The quantitative estimate of drug-likeness (QED) is 0.821. The second kappa shape index (κ2) is 5.14. The van der Waals surface area contributed by atoms with Gasteiger partial charge < -0.3 is 11.1 Å². The first-order valence-corrected chi connectivity index (χ1v) is 5.97. The third kappa shape index (κ3) is 2.94. The number of anilines is 1. The van der Waals surface area contributed by atoms with Crippen molar-refractivity contribution in [3.8, 4) is 0 Å². The van der Waals surface area contributed by atoms with E-state index in [4.69, 9.17) is 5.73 Å². The highest BCUT2D eigenvalue weighted by Gasteiger charge is 2.11. The Morgan fingerprint density at radius 3 is 2.88 bits per heavy atom. The summed E-state index contributed by atoms with van der Waals surface area (Å²) in [6.45, 7) is 4.95. The first-order chi connectivity index (χ1) is 8.19. The van der Waals surface area contributed by atoms with Crippen LogP contribution < -0.4 is 11.1 Å². The number of nitrogens with zero attached hydrogens (tertiary/aromatic N) is 3. The van der Waals surface area contributed by atoms with Gasteiger partial charge in [0.15, 0.2) is 5.65 Å². The maximum absolute atomic E-state index is 5.74. The molecule has 0 aliphatic heterocycles. The van der Waals surface area contributed by atoms with Gasteiger partial charge in [0.05, 0.1) is 0 Å². The van der Waals surface area contributed by atoms with Crippen molar-refractivity contribution in [1.29, 1.82) is 0 Å². The number of pyridine rings is 1. The van der Waals surface area contributed by atoms with Crippen LogP contribution in [0.25, 0.3) is 5.65 Å². The van der Waals surface area contributed by atoms with Gasteiger partial charge in [-0.1, -0.05) is 19.9 Å². The maximum atomic E-state index is 5.74. The van der Waals surface area contributed by atoms with E-state index in [1.807, 2.05) is 24.4 Å². The van der Waals surface area contributed by atoms with E-state index in [0.29, 0.717) is 18.4 Å². The minimum Gasteiger partial charge on any atom is -0.349 e. The van der Waals surface area contributed by atoms with Gasteiger partial charge >= 0.3 is 0 Å². The summed E-state index contributed by atoms with van der Waals surface area (Å²) in [5, 5.41) is 7.63. The molecule has 0 radical (unpaired) electrons. The zero-order valence-electron chi connectivity index (χ0n) is 10.3. The van der Waals surface area contributed by atoms with Crippen molar-refractivity contribution in [2.75, 3.05) is 11.9 Å². The summed E-state index contributed by atoms with van der Waals surface area (Å²) < 4.78 is 1.76. The third-order valence-corrected chi connectivity index (χ3v) is 2.61. The van der Waals surface area contributed by atoms with Gasteiger partial charge in [-0.25, -0.2) is 4.52 Å². The van der Waals surface area contributed by atoms with Crippen LogP contribution in [0.3, 0.4) is 0 Å². The molecule has 0 fully saturated rings. The average molecular weight is 233 g/mol. The summed E-state index contributed by atoms with van der Waals surface area (Å²) in [5.41, 5.74) is 6.58. The van der Waals surface area contributed by atoms with Crippen molar-refractivity contribution in [1.82, 2.24) is 14.6 Å². The molecule has 0 amide bonds. The number of hydrogen-bond acceptors (Lipinski definition) is 4. The monoisotopic (exact) mass is 233 g/mol. The lowest BCUT2D eigenvalue weighted by Crippen LogP contribution is -2.30. The topological polar surface area (TPSA) is 68.2 Å². The van der Waals surface area contributed by atoms with Gasteiger partial charge in [-0.2, -0.15) is 4.98 Å². The Morgan fingerprint density at radius 2 is 2.24 bits per heavy atom. The van der Waals surface area contributed by atoms with E-state index in [2.05, 4.69) is 29.2 Å². The van der Waals surface area contributed by atoms with Crippen LogP contribution in [0, 0.1) is 5.92 Å². The molecule has 0 saturated carbocycles. The van der Waals surface area contributed by atoms with Gasteiger partial charge in [0.2, 0.25) is 5.95 Å². The standard InChI is InChI=1S/C12H19N5/c1-9(2)7-10(8-13)14-12-15-11-5-3-4-6-17(11)16-12/h3-6,9-10H,7-8,13H2,1-2H3,(H,14,16). The van der Waals surface area contributed by atoms with Crippen LogP contribution in [-0.4, -0.2) is 27.2 Å². The van der Waals surface area contributed by atoms with Crippen molar-refractivity contribution in [2.24, 2.45) is 11.7 Å². The molecule has 0 bridgehead atoms. The lowest BCUT2D eigenvalue weighted by Gasteiger charge is -2.17. The molecule has 1 atom stereocenters.